The molecule has 1 saturated heterocycles. The Bertz CT molecular complexity index is 451. The number of aliphatic carboxylic acids is 4. The second-order valence-electron chi connectivity index (χ2n) is 4.34. The smallest absolute Gasteiger partial charge is 0.327 e. The van der Waals surface area contributed by atoms with Crippen molar-refractivity contribution in [2.45, 2.75) is 18.0 Å². The summed E-state index contributed by atoms with van der Waals surface area (Å²) in [6.45, 7) is -0.806. The second-order valence-corrected chi connectivity index (χ2v) is 4.34. The van der Waals surface area contributed by atoms with Gasteiger partial charge in [0, 0.05) is 13.1 Å². The molecule has 0 aromatic carbocycles. The summed E-state index contributed by atoms with van der Waals surface area (Å²) in [6, 6.07) is -1.72. The van der Waals surface area contributed by atoms with Gasteiger partial charge >= 0.3 is 23.9 Å². The van der Waals surface area contributed by atoms with Gasteiger partial charge in [-0.3, -0.25) is 24.1 Å². The fourth-order valence-electron chi connectivity index (χ4n) is 2.35. The Balaban J connectivity index is 3.32. The van der Waals surface area contributed by atoms with Crippen molar-refractivity contribution in [2.24, 2.45) is 0 Å². The Labute approximate surface area is 112 Å². The van der Waals surface area contributed by atoms with Crippen LogP contribution in [0.5, 0.6) is 0 Å². The van der Waals surface area contributed by atoms with Gasteiger partial charge in [-0.25, -0.2) is 0 Å². The summed E-state index contributed by atoms with van der Waals surface area (Å²) in [4.78, 5) is 45.3. The highest BCUT2D eigenvalue weighted by Crippen LogP contribution is 2.28. The third kappa shape index (κ3) is 2.86. The molecule has 1 rings (SSSR count). The second kappa shape index (κ2) is 5.84. The molecule has 112 valence electrons. The van der Waals surface area contributed by atoms with Gasteiger partial charge in [0.05, 0.1) is 13.0 Å². The van der Waals surface area contributed by atoms with E-state index in [0.29, 0.717) is 0 Å². The normalized spacial score (nSPS) is 26.9. The van der Waals surface area contributed by atoms with Crippen LogP contribution < -0.4 is 5.32 Å². The summed E-state index contributed by atoms with van der Waals surface area (Å²) in [6.07, 6.45) is -1.03. The lowest BCUT2D eigenvalue weighted by Crippen LogP contribution is -2.74. The molecule has 1 aliphatic heterocycles. The molecular weight excluding hydrogens is 276 g/mol. The van der Waals surface area contributed by atoms with E-state index in [-0.39, 0.29) is 13.1 Å². The molecule has 1 heterocycles. The molecule has 1 fully saturated rings. The average molecular weight is 290 g/mol. The quantitative estimate of drug-likeness (QED) is 0.360. The molecule has 10 heteroatoms. The standard InChI is InChI=1S/C10H14N2O8/c13-5(14)3-10(9(19)20)7(8(17)18)11-1-2-12(10)4-6(15)16/h7,11H,1-4H2,(H,13,14)(H,15,16)(H,17,18)(H,19,20). The summed E-state index contributed by atoms with van der Waals surface area (Å²) < 4.78 is 0. The summed E-state index contributed by atoms with van der Waals surface area (Å²) in [5, 5.41) is 38.5. The van der Waals surface area contributed by atoms with Gasteiger partial charge in [-0.2, -0.15) is 0 Å². The van der Waals surface area contributed by atoms with E-state index in [1.807, 2.05) is 0 Å². The monoisotopic (exact) mass is 290 g/mol. The van der Waals surface area contributed by atoms with Crippen LogP contribution in [-0.4, -0.2) is 80.4 Å². The van der Waals surface area contributed by atoms with Crippen molar-refractivity contribution in [1.29, 1.82) is 0 Å². The van der Waals surface area contributed by atoms with Gasteiger partial charge in [0.25, 0.3) is 0 Å². The zero-order valence-electron chi connectivity index (χ0n) is 10.3. The van der Waals surface area contributed by atoms with Crippen LogP contribution in [0.1, 0.15) is 6.42 Å². The molecule has 0 spiro atoms. The predicted molar refractivity (Wildman–Crippen MR) is 61.3 cm³/mol. The van der Waals surface area contributed by atoms with Crippen LogP contribution in [0, 0.1) is 0 Å². The Morgan fingerprint density at radius 3 is 2.10 bits per heavy atom. The van der Waals surface area contributed by atoms with Crippen LogP contribution >= 0.6 is 0 Å². The average Bonchev–Trinajstić information content (AvgIpc) is 2.29. The Morgan fingerprint density at radius 1 is 1.10 bits per heavy atom. The Kier molecular flexibility index (Phi) is 4.63. The largest absolute Gasteiger partial charge is 0.481 e. The molecule has 0 aliphatic carbocycles. The zero-order valence-corrected chi connectivity index (χ0v) is 10.3. The van der Waals surface area contributed by atoms with Crippen molar-refractivity contribution in [3.8, 4) is 0 Å². The molecule has 0 aromatic heterocycles. The number of nitrogens with one attached hydrogen (secondary N) is 1. The SMILES string of the molecule is O=C(O)CN1CCNC(C(=O)O)C1(CC(=O)O)C(=O)O. The van der Waals surface area contributed by atoms with E-state index in [1.165, 1.54) is 0 Å². The first kappa shape index (κ1) is 15.9. The Morgan fingerprint density at radius 2 is 1.70 bits per heavy atom. The summed E-state index contributed by atoms with van der Waals surface area (Å²) in [7, 11) is 0. The van der Waals surface area contributed by atoms with E-state index in [4.69, 9.17) is 15.3 Å². The number of nitrogens with zero attached hydrogens (tertiary/aromatic N) is 1. The highest BCUT2D eigenvalue weighted by Gasteiger charge is 2.57. The van der Waals surface area contributed by atoms with E-state index in [2.05, 4.69) is 5.32 Å². The molecular formula is C10H14N2O8. The van der Waals surface area contributed by atoms with Crippen molar-refractivity contribution in [2.75, 3.05) is 19.6 Å². The minimum absolute atomic E-state index is 0.0406. The van der Waals surface area contributed by atoms with Crippen LogP contribution in [0.2, 0.25) is 0 Å². The van der Waals surface area contributed by atoms with E-state index >= 15 is 0 Å². The van der Waals surface area contributed by atoms with E-state index < -0.39 is 48.4 Å². The van der Waals surface area contributed by atoms with Gasteiger partial charge in [-0.15, -0.1) is 0 Å². The zero-order chi connectivity index (χ0) is 15.5. The first-order chi connectivity index (χ1) is 9.21. The molecule has 10 nitrogen and oxygen atoms in total. The molecule has 0 amide bonds. The highest BCUT2D eigenvalue weighted by atomic mass is 16.4. The fourth-order valence-corrected chi connectivity index (χ4v) is 2.35. The topological polar surface area (TPSA) is 164 Å². The maximum Gasteiger partial charge on any atom is 0.327 e. The number of carboxylic acid groups (broad SMARTS) is 4. The molecule has 2 atom stereocenters. The number of carbonyl (C=O) groups is 4. The maximum atomic E-state index is 11.5. The minimum atomic E-state index is -2.35. The van der Waals surface area contributed by atoms with Gasteiger partial charge in [0.1, 0.15) is 6.04 Å². The Hall–Kier alpha value is -2.20. The van der Waals surface area contributed by atoms with Gasteiger partial charge in [0.2, 0.25) is 0 Å². The molecule has 1 aliphatic rings. The van der Waals surface area contributed by atoms with E-state index in [9.17, 15) is 24.3 Å². The first-order valence-corrected chi connectivity index (χ1v) is 5.60. The number of piperazine rings is 1. The van der Waals surface area contributed by atoms with Crippen LogP contribution in [0.3, 0.4) is 0 Å². The lowest BCUT2D eigenvalue weighted by Gasteiger charge is -2.46. The van der Waals surface area contributed by atoms with Crippen molar-refractivity contribution in [1.82, 2.24) is 10.2 Å². The first-order valence-electron chi connectivity index (χ1n) is 5.60. The lowest BCUT2D eigenvalue weighted by molar-refractivity contribution is -0.172. The third-order valence-corrected chi connectivity index (χ3v) is 3.14. The van der Waals surface area contributed by atoms with Crippen molar-refractivity contribution < 1.29 is 39.6 Å². The van der Waals surface area contributed by atoms with Gasteiger partial charge in [-0.05, 0) is 0 Å². The van der Waals surface area contributed by atoms with E-state index in [1.54, 1.807) is 0 Å². The summed E-state index contributed by atoms with van der Waals surface area (Å²) in [5.74, 6) is -6.14. The van der Waals surface area contributed by atoms with Crippen LogP contribution in [0.4, 0.5) is 0 Å². The number of hydrogen-bond donors (Lipinski definition) is 5. The molecule has 2 unspecified atom stereocenters. The molecule has 0 aromatic rings. The highest BCUT2D eigenvalue weighted by molar-refractivity contribution is 5.93. The van der Waals surface area contributed by atoms with Crippen LogP contribution in [-0.2, 0) is 19.2 Å². The van der Waals surface area contributed by atoms with Gasteiger partial charge < -0.3 is 25.7 Å². The lowest BCUT2D eigenvalue weighted by atomic mass is 9.82. The van der Waals surface area contributed by atoms with Gasteiger partial charge in [0.15, 0.2) is 5.54 Å². The minimum Gasteiger partial charge on any atom is -0.481 e. The van der Waals surface area contributed by atoms with E-state index in [0.717, 1.165) is 4.90 Å². The van der Waals surface area contributed by atoms with Crippen molar-refractivity contribution >= 4 is 23.9 Å². The van der Waals surface area contributed by atoms with Crippen molar-refractivity contribution in [3.05, 3.63) is 0 Å². The maximum absolute atomic E-state index is 11.5. The third-order valence-electron chi connectivity index (χ3n) is 3.14. The predicted octanol–water partition coefficient (Wildman–Crippen LogP) is -2.27. The molecule has 0 saturated carbocycles. The summed E-state index contributed by atoms with van der Waals surface area (Å²) >= 11 is 0. The number of rotatable bonds is 6. The number of carboxylic acids is 4. The molecule has 5 N–H and O–H groups in total. The fraction of sp³-hybridized carbons (Fsp3) is 0.600. The molecule has 0 radical (unpaired) electrons. The van der Waals surface area contributed by atoms with Crippen molar-refractivity contribution in [3.63, 3.8) is 0 Å². The van der Waals surface area contributed by atoms with Crippen LogP contribution in [0.15, 0.2) is 0 Å². The summed E-state index contributed by atoms with van der Waals surface area (Å²) in [5.41, 5.74) is -2.35. The van der Waals surface area contributed by atoms with Crippen LogP contribution in [0.25, 0.3) is 0 Å². The van der Waals surface area contributed by atoms with Gasteiger partial charge in [-0.1, -0.05) is 0 Å². The number of hydrogen-bond acceptors (Lipinski definition) is 6. The molecule has 0 bridgehead atoms. The molecule has 20 heavy (non-hydrogen) atoms.